The average Bonchev–Trinajstić information content (AvgIpc) is 3.05. The molecule has 2 aliphatic heterocycles. The Morgan fingerprint density at radius 3 is 2.56 bits per heavy atom. The van der Waals surface area contributed by atoms with E-state index in [1.165, 1.54) is 11.1 Å². The summed E-state index contributed by atoms with van der Waals surface area (Å²) in [7, 11) is -2.96. The van der Waals surface area contributed by atoms with E-state index in [9.17, 15) is 8.42 Å². The van der Waals surface area contributed by atoms with Crippen molar-refractivity contribution in [3.05, 3.63) is 64.2 Å². The number of hydrogen-bond acceptors (Lipinski definition) is 5. The van der Waals surface area contributed by atoms with Crippen LogP contribution in [0.3, 0.4) is 0 Å². The van der Waals surface area contributed by atoms with Crippen molar-refractivity contribution >= 4 is 44.1 Å². The summed E-state index contributed by atoms with van der Waals surface area (Å²) in [5.74, 6) is 0.374. The number of hydrogen-bond donors (Lipinski definition) is 0. The largest absolute Gasteiger partial charge is 0.317 e. The van der Waals surface area contributed by atoms with Gasteiger partial charge in [-0.15, -0.1) is 0 Å². The lowest BCUT2D eigenvalue weighted by Gasteiger charge is -2.26. The second-order valence-corrected chi connectivity index (χ2v) is 11.1. The minimum Gasteiger partial charge on any atom is -0.317 e. The predicted molar refractivity (Wildman–Crippen MR) is 115 cm³/mol. The summed E-state index contributed by atoms with van der Waals surface area (Å²) in [6, 6.07) is 14.1. The van der Waals surface area contributed by atoms with Crippen LogP contribution in [-0.2, 0) is 16.4 Å². The Labute approximate surface area is 169 Å². The first-order chi connectivity index (χ1) is 12.8. The van der Waals surface area contributed by atoms with Gasteiger partial charge in [0, 0.05) is 16.0 Å². The highest BCUT2D eigenvalue weighted by molar-refractivity contribution is 8.15. The van der Waals surface area contributed by atoms with E-state index in [1.54, 1.807) is 11.8 Å². The maximum atomic E-state index is 11.9. The molecule has 4 nitrogen and oxygen atoms in total. The number of aliphatic imine (C=N–C) groups is 1. The molecule has 0 radical (unpaired) electrons. The molecule has 4 rings (SSSR count). The lowest BCUT2D eigenvalue weighted by atomic mass is 10.1. The van der Waals surface area contributed by atoms with E-state index in [0.29, 0.717) is 11.6 Å². The molecule has 2 aromatic carbocycles. The Hall–Kier alpha value is -1.50. The van der Waals surface area contributed by atoms with Crippen LogP contribution in [0.1, 0.15) is 16.7 Å². The number of sulfone groups is 1. The van der Waals surface area contributed by atoms with E-state index < -0.39 is 9.84 Å². The number of fused-ring (bicyclic) bond motifs is 1. The Kier molecular flexibility index (Phi) is 4.99. The Bertz CT molecular complexity index is 1000. The van der Waals surface area contributed by atoms with Gasteiger partial charge in [0.2, 0.25) is 0 Å². The number of benzene rings is 2. The molecule has 0 aromatic heterocycles. The minimum atomic E-state index is -2.96. The average molecular weight is 421 g/mol. The summed E-state index contributed by atoms with van der Waals surface area (Å²) >= 11 is 7.76. The number of rotatable bonds is 3. The van der Waals surface area contributed by atoms with Crippen LogP contribution in [0.4, 0.5) is 5.69 Å². The highest BCUT2D eigenvalue weighted by Crippen LogP contribution is 2.37. The van der Waals surface area contributed by atoms with E-state index in [1.807, 2.05) is 24.3 Å². The number of thioether (sulfide) groups is 1. The van der Waals surface area contributed by atoms with Gasteiger partial charge in [0.05, 0.1) is 24.1 Å². The zero-order valence-corrected chi connectivity index (χ0v) is 17.6. The van der Waals surface area contributed by atoms with Crippen LogP contribution in [0.5, 0.6) is 0 Å². The smallest absolute Gasteiger partial charge is 0.164 e. The maximum Gasteiger partial charge on any atom is 0.164 e. The molecule has 1 saturated heterocycles. The molecule has 142 valence electrons. The van der Waals surface area contributed by atoms with Crippen molar-refractivity contribution in [1.29, 1.82) is 0 Å². The van der Waals surface area contributed by atoms with Crippen molar-refractivity contribution < 1.29 is 8.42 Å². The third kappa shape index (κ3) is 4.18. The number of aryl methyl sites for hydroxylation is 2. The summed E-state index contributed by atoms with van der Waals surface area (Å²) in [5, 5.41) is 1.62. The van der Waals surface area contributed by atoms with E-state index in [4.69, 9.17) is 16.6 Å². The van der Waals surface area contributed by atoms with Crippen LogP contribution in [-0.4, -0.2) is 36.4 Å². The quantitative estimate of drug-likeness (QED) is 0.745. The zero-order chi connectivity index (χ0) is 19.2. The lowest BCUT2D eigenvalue weighted by molar-refractivity contribution is 0.601. The molecule has 2 aliphatic rings. The van der Waals surface area contributed by atoms with Gasteiger partial charge < -0.3 is 4.90 Å². The van der Waals surface area contributed by atoms with Crippen molar-refractivity contribution in [2.45, 2.75) is 31.7 Å². The monoisotopic (exact) mass is 420 g/mol. The number of anilines is 1. The van der Waals surface area contributed by atoms with Crippen molar-refractivity contribution in [2.75, 3.05) is 16.4 Å². The maximum absolute atomic E-state index is 11.9. The first kappa shape index (κ1) is 18.8. The Morgan fingerprint density at radius 2 is 1.89 bits per heavy atom. The Morgan fingerprint density at radius 1 is 1.15 bits per heavy atom. The van der Waals surface area contributed by atoms with Crippen molar-refractivity contribution in [2.24, 2.45) is 4.99 Å². The molecule has 1 fully saturated rings. The van der Waals surface area contributed by atoms with Gasteiger partial charge in [-0.1, -0.05) is 41.6 Å². The van der Waals surface area contributed by atoms with Crippen molar-refractivity contribution in [3.63, 3.8) is 0 Å². The number of amidine groups is 1. The summed E-state index contributed by atoms with van der Waals surface area (Å²) in [6.45, 7) is 4.80. The molecule has 2 atom stereocenters. The predicted octanol–water partition coefficient (Wildman–Crippen LogP) is 4.23. The van der Waals surface area contributed by atoms with Crippen LogP contribution in [0.15, 0.2) is 47.5 Å². The molecular formula is C20H21ClN2O2S2. The third-order valence-electron chi connectivity index (χ3n) is 4.78. The lowest BCUT2D eigenvalue weighted by Crippen LogP contribution is -2.28. The fraction of sp³-hybridized carbons (Fsp3) is 0.350. The molecular weight excluding hydrogens is 400 g/mol. The molecule has 7 heteroatoms. The molecule has 27 heavy (non-hydrogen) atoms. The Balaban J connectivity index is 1.70. The minimum absolute atomic E-state index is 0.0257. The number of nitrogens with zero attached hydrogens (tertiary/aromatic N) is 2. The topological polar surface area (TPSA) is 49.7 Å². The first-order valence-corrected chi connectivity index (χ1v) is 11.9. The van der Waals surface area contributed by atoms with Crippen LogP contribution >= 0.6 is 23.4 Å². The van der Waals surface area contributed by atoms with Gasteiger partial charge in [-0.25, -0.2) is 8.42 Å². The van der Waals surface area contributed by atoms with Gasteiger partial charge in [-0.3, -0.25) is 4.99 Å². The molecule has 0 unspecified atom stereocenters. The van der Waals surface area contributed by atoms with Gasteiger partial charge >= 0.3 is 0 Å². The van der Waals surface area contributed by atoms with Crippen LogP contribution in [0.25, 0.3) is 0 Å². The SMILES string of the molecule is Cc1cc(C)cc(N(Cc2cccc(Cl)c2)C2=N[C@H]3CS(=O)(=O)C[C@@H]3S2)c1. The third-order valence-corrected chi connectivity index (χ3v) is 8.27. The molecule has 2 aromatic rings. The van der Waals surface area contributed by atoms with E-state index in [-0.39, 0.29) is 22.8 Å². The molecule has 0 N–H and O–H groups in total. The first-order valence-electron chi connectivity index (χ1n) is 8.84. The van der Waals surface area contributed by atoms with Crippen molar-refractivity contribution in [3.8, 4) is 0 Å². The standard InChI is InChI=1S/C20H21ClN2O2S2/c1-13-6-14(2)8-17(7-13)23(10-15-4-3-5-16(21)9-15)20-22-18-11-27(24,25)12-19(18)26-20/h3-9,18-19H,10-12H2,1-2H3/t18-,19-/m0/s1. The van der Waals surface area contributed by atoms with Gasteiger partial charge in [0.15, 0.2) is 15.0 Å². The molecule has 0 saturated carbocycles. The molecule has 2 heterocycles. The molecule has 0 aliphatic carbocycles. The van der Waals surface area contributed by atoms with Gasteiger partial charge in [0.1, 0.15) is 0 Å². The highest BCUT2D eigenvalue weighted by atomic mass is 35.5. The van der Waals surface area contributed by atoms with E-state index >= 15 is 0 Å². The van der Waals surface area contributed by atoms with E-state index in [0.717, 1.165) is 16.4 Å². The zero-order valence-electron chi connectivity index (χ0n) is 15.2. The fourth-order valence-corrected chi connectivity index (χ4v) is 7.66. The van der Waals surface area contributed by atoms with Crippen LogP contribution < -0.4 is 4.90 Å². The van der Waals surface area contributed by atoms with Gasteiger partial charge in [-0.2, -0.15) is 0 Å². The second-order valence-electron chi connectivity index (χ2n) is 7.27. The summed E-state index contributed by atoms with van der Waals surface area (Å²) in [4.78, 5) is 6.98. The van der Waals surface area contributed by atoms with Crippen molar-refractivity contribution in [1.82, 2.24) is 0 Å². The van der Waals surface area contributed by atoms with Gasteiger partial charge in [-0.05, 0) is 54.8 Å². The van der Waals surface area contributed by atoms with Gasteiger partial charge in [0.25, 0.3) is 0 Å². The summed E-state index contributed by atoms with van der Waals surface area (Å²) in [5.41, 5.74) is 4.54. The van der Waals surface area contributed by atoms with Crippen LogP contribution in [0.2, 0.25) is 5.02 Å². The summed E-state index contributed by atoms with van der Waals surface area (Å²) < 4.78 is 23.8. The number of halogens is 1. The highest BCUT2D eigenvalue weighted by Gasteiger charge is 2.44. The fourth-order valence-electron chi connectivity index (χ4n) is 3.66. The summed E-state index contributed by atoms with van der Waals surface area (Å²) in [6.07, 6.45) is 0. The second kappa shape index (κ2) is 7.15. The molecule has 0 bridgehead atoms. The molecule has 0 spiro atoms. The van der Waals surface area contributed by atoms with E-state index in [2.05, 4.69) is 36.9 Å². The normalized spacial score (nSPS) is 23.1. The van der Waals surface area contributed by atoms with Crippen LogP contribution in [0, 0.1) is 13.8 Å². The molecule has 0 amide bonds.